The van der Waals surface area contributed by atoms with Crippen molar-refractivity contribution in [1.82, 2.24) is 4.98 Å². The number of amides is 2. The van der Waals surface area contributed by atoms with E-state index < -0.39 is 23.5 Å². The number of carbonyl (C=O) groups is 2. The van der Waals surface area contributed by atoms with Gasteiger partial charge in [0.05, 0.1) is 29.6 Å². The number of nitrogens with two attached hydrogens (primary N) is 3. The lowest BCUT2D eigenvalue weighted by Crippen LogP contribution is -2.32. The first-order chi connectivity index (χ1) is 22.2. The van der Waals surface area contributed by atoms with Gasteiger partial charge in [-0.05, 0) is 53.6 Å². The second kappa shape index (κ2) is 14.4. The van der Waals surface area contributed by atoms with Crippen LogP contribution in [0.15, 0.2) is 90.1 Å². The fourth-order valence-corrected chi connectivity index (χ4v) is 5.70. The Hall–Kier alpha value is -5.69. The Labute approximate surface area is 267 Å². The van der Waals surface area contributed by atoms with Crippen LogP contribution in [0.3, 0.4) is 0 Å². The van der Waals surface area contributed by atoms with Crippen LogP contribution in [0.4, 0.5) is 10.1 Å². The first kappa shape index (κ1) is 31.7. The van der Waals surface area contributed by atoms with Crippen LogP contribution in [0.2, 0.25) is 0 Å². The highest BCUT2D eigenvalue weighted by molar-refractivity contribution is 7.22. The Morgan fingerprint density at radius 1 is 0.978 bits per heavy atom. The van der Waals surface area contributed by atoms with Crippen molar-refractivity contribution in [3.8, 4) is 33.4 Å². The summed E-state index contributed by atoms with van der Waals surface area (Å²) >= 11 is 1.43. The lowest BCUT2D eigenvalue weighted by molar-refractivity contribution is -0.127. The van der Waals surface area contributed by atoms with Gasteiger partial charge in [-0.1, -0.05) is 30.3 Å². The number of methoxy groups -OCH3 is 1. The van der Waals surface area contributed by atoms with Crippen molar-refractivity contribution < 1.29 is 28.2 Å². The highest BCUT2D eigenvalue weighted by Gasteiger charge is 2.28. The molecule has 2 aromatic heterocycles. The maximum absolute atomic E-state index is 15.4. The number of ether oxygens (including phenoxy) is 3. The number of thiophene rings is 1. The fourth-order valence-electron chi connectivity index (χ4n) is 4.63. The summed E-state index contributed by atoms with van der Waals surface area (Å²) in [4.78, 5) is 34.7. The molecule has 2 heterocycles. The van der Waals surface area contributed by atoms with Crippen LogP contribution in [-0.2, 0) is 9.59 Å². The number of aliphatic imine (C=N–C) groups is 1. The van der Waals surface area contributed by atoms with Gasteiger partial charge in [-0.15, -0.1) is 11.3 Å². The number of rotatable bonds is 13. The zero-order chi connectivity index (χ0) is 32.6. The number of halogens is 1. The van der Waals surface area contributed by atoms with Gasteiger partial charge in [-0.25, -0.2) is 4.39 Å². The maximum Gasteiger partial charge on any atom is 0.241 e. The van der Waals surface area contributed by atoms with Crippen molar-refractivity contribution in [1.29, 1.82) is 0 Å². The molecular weight excluding hydrogens is 611 g/mol. The molecule has 2 amide bonds. The molecule has 0 fully saturated rings. The van der Waals surface area contributed by atoms with E-state index >= 15 is 4.39 Å². The average Bonchev–Trinajstić information content (AvgIpc) is 3.48. The highest BCUT2D eigenvalue weighted by Crippen LogP contribution is 2.40. The molecule has 3 aromatic carbocycles. The Bertz CT molecular complexity index is 1910. The van der Waals surface area contributed by atoms with Crippen LogP contribution in [0.5, 0.6) is 23.0 Å². The number of guanidine groups is 1. The third-order valence-electron chi connectivity index (χ3n) is 6.78. The van der Waals surface area contributed by atoms with E-state index in [0.29, 0.717) is 52.7 Å². The predicted octanol–water partition coefficient (Wildman–Crippen LogP) is 5.15. The molecule has 13 heteroatoms. The molecule has 0 saturated carbocycles. The SMILES string of the molecule is COc1ccccc1NC(=O)C(C(N)=O)c1ccc(Oc2ccnc3cc(-c4cccc(OCCCN=C(N)N)c4)sc23)c(F)c1. The molecular formula is C33H31FN6O5S. The van der Waals surface area contributed by atoms with Gasteiger partial charge in [0.2, 0.25) is 11.8 Å². The van der Waals surface area contributed by atoms with Crippen molar-refractivity contribution in [3.05, 3.63) is 96.4 Å². The molecule has 5 rings (SSSR count). The summed E-state index contributed by atoms with van der Waals surface area (Å²) in [5.74, 6) is -2.49. The predicted molar refractivity (Wildman–Crippen MR) is 176 cm³/mol. The average molecular weight is 643 g/mol. The zero-order valence-corrected chi connectivity index (χ0v) is 25.6. The third-order valence-corrected chi connectivity index (χ3v) is 7.97. The molecule has 1 atom stereocenters. The van der Waals surface area contributed by atoms with E-state index in [-0.39, 0.29) is 17.3 Å². The zero-order valence-electron chi connectivity index (χ0n) is 24.7. The van der Waals surface area contributed by atoms with E-state index in [1.54, 1.807) is 36.5 Å². The van der Waals surface area contributed by atoms with Gasteiger partial charge in [0.25, 0.3) is 0 Å². The van der Waals surface area contributed by atoms with E-state index in [2.05, 4.69) is 15.3 Å². The largest absolute Gasteiger partial charge is 0.495 e. The molecule has 0 radical (unpaired) electrons. The number of hydrogen-bond donors (Lipinski definition) is 4. The van der Waals surface area contributed by atoms with Crippen molar-refractivity contribution in [3.63, 3.8) is 0 Å². The standard InChI is InChI=1S/C33H31FN6O5S/c1-43-26-9-3-2-8-23(26)40-32(42)29(31(35)41)20-10-11-25(22(34)17-20)45-27-12-14-38-24-18-28(46-30(24)27)19-6-4-7-21(16-19)44-15-5-13-39-33(36)37/h2-4,6-12,14,16-18,29H,5,13,15H2,1H3,(H2,35,41)(H,40,42)(H4,36,37,39). The summed E-state index contributed by atoms with van der Waals surface area (Å²) in [5, 5.41) is 2.63. The summed E-state index contributed by atoms with van der Waals surface area (Å²) in [5.41, 5.74) is 18.3. The molecule has 0 bridgehead atoms. The van der Waals surface area contributed by atoms with Gasteiger partial charge in [0, 0.05) is 30.1 Å². The highest BCUT2D eigenvalue weighted by atomic mass is 32.1. The molecule has 0 aliphatic heterocycles. The number of benzene rings is 3. The smallest absolute Gasteiger partial charge is 0.241 e. The third kappa shape index (κ3) is 7.50. The number of anilines is 1. The van der Waals surface area contributed by atoms with Gasteiger partial charge < -0.3 is 36.7 Å². The quantitative estimate of drug-likeness (QED) is 0.0589. The minimum absolute atomic E-state index is 0.0467. The van der Waals surface area contributed by atoms with E-state index in [1.165, 1.54) is 30.6 Å². The number of aromatic nitrogens is 1. The molecule has 0 spiro atoms. The first-order valence-electron chi connectivity index (χ1n) is 14.1. The van der Waals surface area contributed by atoms with Crippen LogP contribution in [-0.4, -0.2) is 43.0 Å². The van der Waals surface area contributed by atoms with Crippen LogP contribution in [0, 0.1) is 5.82 Å². The van der Waals surface area contributed by atoms with Crippen LogP contribution in [0.25, 0.3) is 20.7 Å². The molecule has 0 aliphatic carbocycles. The molecule has 46 heavy (non-hydrogen) atoms. The number of fused-ring (bicyclic) bond motifs is 1. The van der Waals surface area contributed by atoms with Crippen molar-refractivity contribution in [2.45, 2.75) is 12.3 Å². The summed E-state index contributed by atoms with van der Waals surface area (Å²) in [6.45, 7) is 0.921. The Balaban J connectivity index is 1.33. The van der Waals surface area contributed by atoms with E-state index in [9.17, 15) is 9.59 Å². The summed E-state index contributed by atoms with van der Waals surface area (Å²) < 4.78 is 33.2. The van der Waals surface area contributed by atoms with Crippen molar-refractivity contribution in [2.24, 2.45) is 22.2 Å². The Morgan fingerprint density at radius 2 is 1.80 bits per heavy atom. The van der Waals surface area contributed by atoms with Crippen LogP contribution < -0.4 is 36.7 Å². The Kier molecular flexibility index (Phi) is 9.93. The number of para-hydroxylation sites is 2. The van der Waals surface area contributed by atoms with Crippen molar-refractivity contribution >= 4 is 45.0 Å². The number of nitrogens with one attached hydrogen (secondary N) is 1. The van der Waals surface area contributed by atoms with Gasteiger partial charge in [0.15, 0.2) is 17.5 Å². The van der Waals surface area contributed by atoms with E-state index in [0.717, 1.165) is 16.5 Å². The molecule has 0 aliphatic rings. The van der Waals surface area contributed by atoms with Crippen LogP contribution in [0.1, 0.15) is 17.9 Å². The minimum atomic E-state index is -1.46. The van der Waals surface area contributed by atoms with Gasteiger partial charge >= 0.3 is 0 Å². The monoisotopic (exact) mass is 642 g/mol. The molecule has 0 saturated heterocycles. The normalized spacial score (nSPS) is 11.4. The minimum Gasteiger partial charge on any atom is -0.495 e. The molecule has 7 N–H and O–H groups in total. The topological polar surface area (TPSA) is 177 Å². The number of nitrogens with zero attached hydrogens (tertiary/aromatic N) is 2. The summed E-state index contributed by atoms with van der Waals surface area (Å²) in [7, 11) is 1.45. The summed E-state index contributed by atoms with van der Waals surface area (Å²) in [6.07, 6.45) is 2.23. The molecule has 236 valence electrons. The molecule has 5 aromatic rings. The summed E-state index contributed by atoms with van der Waals surface area (Å²) in [6, 6.07) is 21.7. The second-order valence-electron chi connectivity index (χ2n) is 9.99. The van der Waals surface area contributed by atoms with Gasteiger partial charge in [-0.3, -0.25) is 19.6 Å². The number of pyridine rings is 1. The maximum atomic E-state index is 15.4. The van der Waals surface area contributed by atoms with Gasteiger partial charge in [0.1, 0.15) is 23.2 Å². The molecule has 11 nitrogen and oxygen atoms in total. The lowest BCUT2D eigenvalue weighted by atomic mass is 9.97. The fraction of sp³-hybridized carbons (Fsp3) is 0.152. The van der Waals surface area contributed by atoms with Crippen LogP contribution >= 0.6 is 11.3 Å². The first-order valence-corrected chi connectivity index (χ1v) is 14.9. The Morgan fingerprint density at radius 3 is 2.57 bits per heavy atom. The van der Waals surface area contributed by atoms with E-state index in [4.69, 9.17) is 31.4 Å². The lowest BCUT2D eigenvalue weighted by Gasteiger charge is -2.16. The molecule has 1 unspecified atom stereocenters. The van der Waals surface area contributed by atoms with E-state index in [1.807, 2.05) is 30.3 Å². The number of carbonyl (C=O) groups excluding carboxylic acids is 2. The number of primary amides is 1. The second-order valence-corrected chi connectivity index (χ2v) is 11.0. The van der Waals surface area contributed by atoms with Gasteiger partial charge in [-0.2, -0.15) is 0 Å². The number of hydrogen-bond acceptors (Lipinski definition) is 8. The van der Waals surface area contributed by atoms with Crippen molar-refractivity contribution in [2.75, 3.05) is 25.6 Å².